The van der Waals surface area contributed by atoms with Crippen molar-refractivity contribution in [2.24, 2.45) is 5.92 Å². The van der Waals surface area contributed by atoms with Crippen molar-refractivity contribution in [1.82, 2.24) is 25.1 Å². The molecule has 1 aliphatic heterocycles. The SMILES string of the molecule is CC(=O)c1ccc(CNC(=O)C2CCCN(c3ncnc4nn(-c5ccc(C)cc5)cc34)C2)cc1. The molecule has 2 aromatic carbocycles. The lowest BCUT2D eigenvalue weighted by Crippen LogP contribution is -2.43. The van der Waals surface area contributed by atoms with Gasteiger partial charge >= 0.3 is 0 Å². The monoisotopic (exact) mass is 468 g/mol. The molecular weight excluding hydrogens is 440 g/mol. The Morgan fingerprint density at radius 1 is 1.06 bits per heavy atom. The number of aryl methyl sites for hydroxylation is 1. The number of carbonyl (C=O) groups excluding carboxylic acids is 2. The highest BCUT2D eigenvalue weighted by Crippen LogP contribution is 2.28. The highest BCUT2D eigenvalue weighted by molar-refractivity contribution is 5.94. The Bertz CT molecular complexity index is 1360. The quantitative estimate of drug-likeness (QED) is 0.432. The van der Waals surface area contributed by atoms with Crippen LogP contribution >= 0.6 is 0 Å². The first-order chi connectivity index (χ1) is 17.0. The summed E-state index contributed by atoms with van der Waals surface area (Å²) in [5.41, 5.74) is 4.43. The number of amides is 1. The van der Waals surface area contributed by atoms with Crippen LogP contribution in [0.15, 0.2) is 61.1 Å². The lowest BCUT2D eigenvalue weighted by atomic mass is 9.97. The van der Waals surface area contributed by atoms with Gasteiger partial charge in [0.1, 0.15) is 12.1 Å². The number of hydrogen-bond acceptors (Lipinski definition) is 6. The molecule has 0 spiro atoms. The number of piperidine rings is 1. The van der Waals surface area contributed by atoms with Gasteiger partial charge in [0, 0.05) is 31.4 Å². The van der Waals surface area contributed by atoms with E-state index in [1.165, 1.54) is 5.56 Å². The fourth-order valence-electron chi connectivity index (χ4n) is 4.48. The lowest BCUT2D eigenvalue weighted by Gasteiger charge is -2.33. The van der Waals surface area contributed by atoms with Crippen molar-refractivity contribution in [2.75, 3.05) is 18.0 Å². The van der Waals surface area contributed by atoms with Crippen LogP contribution in [0, 0.1) is 12.8 Å². The standard InChI is InChI=1S/C27H28N6O2/c1-18-5-11-23(12-6-18)33-16-24-25(31-33)29-17-30-26(24)32-13-3-4-22(15-32)27(35)28-14-20-7-9-21(10-8-20)19(2)34/h5-12,16-17,22H,3-4,13-15H2,1-2H3,(H,28,35). The van der Waals surface area contributed by atoms with Gasteiger partial charge < -0.3 is 10.2 Å². The summed E-state index contributed by atoms with van der Waals surface area (Å²) in [6, 6.07) is 15.5. The third-order valence-electron chi connectivity index (χ3n) is 6.51. The van der Waals surface area contributed by atoms with Gasteiger partial charge in [-0.3, -0.25) is 9.59 Å². The van der Waals surface area contributed by atoms with E-state index in [0.717, 1.165) is 41.8 Å². The number of ketones is 1. The molecule has 3 heterocycles. The molecule has 1 unspecified atom stereocenters. The van der Waals surface area contributed by atoms with Crippen LogP contribution in [0.4, 0.5) is 5.82 Å². The molecule has 1 fully saturated rings. The third kappa shape index (κ3) is 4.91. The molecule has 0 aliphatic carbocycles. The number of aromatic nitrogens is 4. The van der Waals surface area contributed by atoms with Crippen molar-refractivity contribution in [1.29, 1.82) is 0 Å². The van der Waals surface area contributed by atoms with E-state index in [4.69, 9.17) is 0 Å². The minimum absolute atomic E-state index is 0.0333. The second-order valence-corrected chi connectivity index (χ2v) is 9.10. The van der Waals surface area contributed by atoms with Crippen LogP contribution in [0.25, 0.3) is 16.7 Å². The number of rotatable bonds is 6. The van der Waals surface area contributed by atoms with Gasteiger partial charge in [0.25, 0.3) is 0 Å². The van der Waals surface area contributed by atoms with Crippen LogP contribution < -0.4 is 10.2 Å². The first-order valence-corrected chi connectivity index (χ1v) is 11.9. The van der Waals surface area contributed by atoms with E-state index in [9.17, 15) is 9.59 Å². The molecule has 2 aromatic heterocycles. The van der Waals surface area contributed by atoms with Gasteiger partial charge in [-0.15, -0.1) is 5.10 Å². The molecule has 1 N–H and O–H groups in total. The van der Waals surface area contributed by atoms with Crippen LogP contribution in [0.5, 0.6) is 0 Å². The third-order valence-corrected chi connectivity index (χ3v) is 6.51. The van der Waals surface area contributed by atoms with Gasteiger partial charge in [0.05, 0.1) is 17.0 Å². The molecule has 0 radical (unpaired) electrons. The zero-order chi connectivity index (χ0) is 24.4. The summed E-state index contributed by atoms with van der Waals surface area (Å²) in [4.78, 5) is 35.5. The minimum atomic E-state index is -0.127. The summed E-state index contributed by atoms with van der Waals surface area (Å²) in [6.07, 6.45) is 5.24. The van der Waals surface area contributed by atoms with E-state index in [-0.39, 0.29) is 17.6 Å². The summed E-state index contributed by atoms with van der Waals surface area (Å²) < 4.78 is 1.83. The van der Waals surface area contributed by atoms with E-state index in [1.807, 2.05) is 35.1 Å². The maximum Gasteiger partial charge on any atom is 0.225 e. The molecule has 35 heavy (non-hydrogen) atoms. The topological polar surface area (TPSA) is 93.0 Å². The fraction of sp³-hybridized carbons (Fsp3) is 0.296. The van der Waals surface area contributed by atoms with Crippen LogP contribution in [0.2, 0.25) is 0 Å². The number of nitrogens with zero attached hydrogens (tertiary/aromatic N) is 5. The van der Waals surface area contributed by atoms with Crippen molar-refractivity contribution in [3.05, 3.63) is 77.7 Å². The molecule has 0 bridgehead atoms. The molecule has 1 amide bonds. The molecule has 178 valence electrons. The van der Waals surface area contributed by atoms with Gasteiger partial charge in [-0.05, 0) is 44.4 Å². The molecule has 1 aliphatic rings. The van der Waals surface area contributed by atoms with Crippen molar-refractivity contribution in [3.63, 3.8) is 0 Å². The fourth-order valence-corrected chi connectivity index (χ4v) is 4.48. The summed E-state index contributed by atoms with van der Waals surface area (Å²) >= 11 is 0. The summed E-state index contributed by atoms with van der Waals surface area (Å²) in [7, 11) is 0. The predicted octanol–water partition coefficient (Wildman–Crippen LogP) is 3.86. The molecule has 1 saturated heterocycles. The van der Waals surface area contributed by atoms with Crippen molar-refractivity contribution in [2.45, 2.75) is 33.2 Å². The Morgan fingerprint density at radius 2 is 1.83 bits per heavy atom. The van der Waals surface area contributed by atoms with E-state index in [2.05, 4.69) is 44.3 Å². The van der Waals surface area contributed by atoms with Crippen LogP contribution in [-0.4, -0.2) is 44.5 Å². The number of fused-ring (bicyclic) bond motifs is 1. The Balaban J connectivity index is 1.29. The number of Topliss-reactive ketones (excluding diaryl/α,β-unsaturated/α-hetero) is 1. The molecule has 1 atom stereocenters. The Kier molecular flexibility index (Phi) is 6.27. The maximum absolute atomic E-state index is 13.0. The summed E-state index contributed by atoms with van der Waals surface area (Å²) in [5.74, 6) is 0.750. The largest absolute Gasteiger partial charge is 0.355 e. The van der Waals surface area contributed by atoms with Crippen molar-refractivity contribution >= 4 is 28.5 Å². The average molecular weight is 469 g/mol. The van der Waals surface area contributed by atoms with Gasteiger partial charge in [0.2, 0.25) is 5.91 Å². The predicted molar refractivity (Wildman–Crippen MR) is 135 cm³/mol. The lowest BCUT2D eigenvalue weighted by molar-refractivity contribution is -0.125. The second kappa shape index (κ2) is 9.66. The molecule has 0 saturated carbocycles. The number of carbonyl (C=O) groups is 2. The Hall–Kier alpha value is -4.07. The molecule has 8 nitrogen and oxygen atoms in total. The highest BCUT2D eigenvalue weighted by atomic mass is 16.2. The van der Waals surface area contributed by atoms with Crippen molar-refractivity contribution < 1.29 is 9.59 Å². The Labute approximate surface area is 204 Å². The molecule has 5 rings (SSSR count). The first kappa shape index (κ1) is 22.7. The average Bonchev–Trinajstić information content (AvgIpc) is 3.32. The molecular formula is C27H28N6O2. The number of hydrogen-bond donors (Lipinski definition) is 1. The number of benzene rings is 2. The van der Waals surface area contributed by atoms with Crippen LogP contribution in [0.3, 0.4) is 0 Å². The van der Waals surface area contributed by atoms with E-state index in [1.54, 1.807) is 25.4 Å². The van der Waals surface area contributed by atoms with Gasteiger partial charge in [-0.25, -0.2) is 14.6 Å². The van der Waals surface area contributed by atoms with Crippen LogP contribution in [0.1, 0.15) is 41.3 Å². The second-order valence-electron chi connectivity index (χ2n) is 9.10. The molecule has 4 aromatic rings. The smallest absolute Gasteiger partial charge is 0.225 e. The van der Waals surface area contributed by atoms with E-state index in [0.29, 0.717) is 24.3 Å². The number of anilines is 1. The maximum atomic E-state index is 13.0. The van der Waals surface area contributed by atoms with Gasteiger partial charge in [-0.2, -0.15) is 0 Å². The number of nitrogens with one attached hydrogen (secondary N) is 1. The van der Waals surface area contributed by atoms with Gasteiger partial charge in [-0.1, -0.05) is 42.0 Å². The highest BCUT2D eigenvalue weighted by Gasteiger charge is 2.28. The molecule has 8 heteroatoms. The summed E-state index contributed by atoms with van der Waals surface area (Å²) in [5, 5.41) is 8.57. The first-order valence-electron chi connectivity index (χ1n) is 11.9. The van der Waals surface area contributed by atoms with Crippen molar-refractivity contribution in [3.8, 4) is 5.69 Å². The Morgan fingerprint density at radius 3 is 2.57 bits per heavy atom. The summed E-state index contributed by atoms with van der Waals surface area (Å²) in [6.45, 7) is 5.47. The zero-order valence-electron chi connectivity index (χ0n) is 19.9. The minimum Gasteiger partial charge on any atom is -0.355 e. The van der Waals surface area contributed by atoms with E-state index < -0.39 is 0 Å². The normalized spacial score (nSPS) is 15.8. The zero-order valence-corrected chi connectivity index (χ0v) is 19.9. The van der Waals surface area contributed by atoms with Gasteiger partial charge in [0.15, 0.2) is 11.4 Å². The van der Waals surface area contributed by atoms with Crippen LogP contribution in [-0.2, 0) is 11.3 Å². The van der Waals surface area contributed by atoms with E-state index >= 15 is 0 Å².